The molecule has 4 aromatic rings. The van der Waals surface area contributed by atoms with E-state index in [0.29, 0.717) is 23.9 Å². The van der Waals surface area contributed by atoms with Gasteiger partial charge in [-0.05, 0) is 55.5 Å². The van der Waals surface area contributed by atoms with E-state index < -0.39 is 5.91 Å². The van der Waals surface area contributed by atoms with Crippen molar-refractivity contribution < 1.29 is 14.3 Å². The van der Waals surface area contributed by atoms with Crippen molar-refractivity contribution in [2.45, 2.75) is 6.92 Å². The van der Waals surface area contributed by atoms with Crippen LogP contribution >= 0.6 is 0 Å². The number of aromatic nitrogens is 3. The molecule has 0 unspecified atom stereocenters. The van der Waals surface area contributed by atoms with Gasteiger partial charge in [-0.1, -0.05) is 30.3 Å². The van der Waals surface area contributed by atoms with Gasteiger partial charge in [0.05, 0.1) is 25.1 Å². The second-order valence-electron chi connectivity index (χ2n) is 6.62. The smallest absolute Gasteiger partial charge is 0.295 e. The fraction of sp³-hybridized carbons (Fsp3) is 0.125. The molecule has 3 aromatic carbocycles. The molecule has 0 aliphatic rings. The Morgan fingerprint density at radius 3 is 2.39 bits per heavy atom. The number of ether oxygens (including phenoxy) is 2. The summed E-state index contributed by atoms with van der Waals surface area (Å²) < 4.78 is 12.5. The number of amides is 1. The Morgan fingerprint density at radius 2 is 1.68 bits per heavy atom. The second-order valence-corrected chi connectivity index (χ2v) is 6.62. The average molecular weight is 414 g/mol. The Balaban J connectivity index is 1.72. The Bertz CT molecular complexity index is 1170. The molecule has 0 fully saturated rings. The van der Waals surface area contributed by atoms with Crippen LogP contribution in [0.5, 0.6) is 11.5 Å². The molecular weight excluding hydrogens is 392 g/mol. The minimum atomic E-state index is -0.420. The third-order valence-electron chi connectivity index (χ3n) is 4.59. The lowest BCUT2D eigenvalue weighted by atomic mass is 10.2. The number of anilines is 1. The van der Waals surface area contributed by atoms with E-state index in [1.54, 1.807) is 23.9 Å². The highest BCUT2D eigenvalue weighted by molar-refractivity contribution is 6.02. The molecule has 0 aliphatic heterocycles. The molecule has 0 saturated heterocycles. The third-order valence-corrected chi connectivity index (χ3v) is 4.59. The maximum atomic E-state index is 13.0. The predicted octanol–water partition coefficient (Wildman–Crippen LogP) is 4.59. The van der Waals surface area contributed by atoms with Gasteiger partial charge < -0.3 is 14.8 Å². The highest BCUT2D eigenvalue weighted by Gasteiger charge is 2.20. The van der Waals surface area contributed by atoms with Crippen LogP contribution in [0.25, 0.3) is 17.1 Å². The number of methoxy groups -OCH3 is 1. The Kier molecular flexibility index (Phi) is 5.93. The standard InChI is InChI=1S/C24H22N4O3/c1-3-31-21-12-8-7-11-20(21)25-24(29)22-26-23(17-13-15-19(30-2)16-14-17)28(27-22)18-9-5-4-6-10-18/h4-16H,3H2,1-2H3,(H,25,29). The quantitative estimate of drug-likeness (QED) is 0.478. The SMILES string of the molecule is CCOc1ccccc1NC(=O)c1nc(-c2ccc(OC)cc2)n(-c2ccccc2)n1. The van der Waals surface area contributed by atoms with Gasteiger partial charge in [-0.25, -0.2) is 9.67 Å². The van der Waals surface area contributed by atoms with Crippen molar-refractivity contribution in [1.82, 2.24) is 14.8 Å². The van der Waals surface area contributed by atoms with Crippen LogP contribution in [-0.4, -0.2) is 34.4 Å². The van der Waals surface area contributed by atoms with Crippen LogP contribution in [0.3, 0.4) is 0 Å². The normalized spacial score (nSPS) is 10.5. The Morgan fingerprint density at radius 1 is 0.968 bits per heavy atom. The number of nitrogens with zero attached hydrogens (tertiary/aromatic N) is 3. The molecule has 7 heteroatoms. The van der Waals surface area contributed by atoms with E-state index in [1.165, 1.54) is 0 Å². The number of rotatable bonds is 7. The van der Waals surface area contributed by atoms with Crippen LogP contribution in [-0.2, 0) is 0 Å². The molecule has 0 saturated carbocycles. The first-order chi connectivity index (χ1) is 15.2. The number of hydrogen-bond acceptors (Lipinski definition) is 5. The summed E-state index contributed by atoms with van der Waals surface area (Å²) >= 11 is 0. The average Bonchev–Trinajstić information content (AvgIpc) is 3.27. The first-order valence-electron chi connectivity index (χ1n) is 9.89. The highest BCUT2D eigenvalue weighted by atomic mass is 16.5. The van der Waals surface area contributed by atoms with Gasteiger partial charge in [0, 0.05) is 5.56 Å². The van der Waals surface area contributed by atoms with Crippen molar-refractivity contribution in [3.63, 3.8) is 0 Å². The van der Waals surface area contributed by atoms with Gasteiger partial charge in [0.2, 0.25) is 5.82 Å². The second kappa shape index (κ2) is 9.13. The first-order valence-corrected chi connectivity index (χ1v) is 9.89. The molecule has 1 aromatic heterocycles. The molecule has 0 spiro atoms. The van der Waals surface area contributed by atoms with E-state index in [9.17, 15) is 4.79 Å². The van der Waals surface area contributed by atoms with Crippen LogP contribution < -0.4 is 14.8 Å². The van der Waals surface area contributed by atoms with Crippen molar-refractivity contribution >= 4 is 11.6 Å². The minimum Gasteiger partial charge on any atom is -0.497 e. The molecular formula is C24H22N4O3. The Hall–Kier alpha value is -4.13. The molecule has 1 N–H and O–H groups in total. The van der Waals surface area contributed by atoms with Crippen molar-refractivity contribution in [3.05, 3.63) is 84.7 Å². The van der Waals surface area contributed by atoms with Gasteiger partial charge in [0.25, 0.3) is 5.91 Å². The fourth-order valence-corrected chi connectivity index (χ4v) is 3.11. The van der Waals surface area contributed by atoms with Crippen molar-refractivity contribution in [3.8, 4) is 28.6 Å². The number of carbonyl (C=O) groups excluding carboxylic acids is 1. The molecule has 7 nitrogen and oxygen atoms in total. The number of carbonyl (C=O) groups is 1. The van der Waals surface area contributed by atoms with E-state index in [2.05, 4.69) is 15.4 Å². The van der Waals surface area contributed by atoms with Gasteiger partial charge in [-0.15, -0.1) is 5.10 Å². The van der Waals surface area contributed by atoms with E-state index in [1.807, 2.05) is 73.7 Å². The van der Waals surface area contributed by atoms with E-state index in [-0.39, 0.29) is 5.82 Å². The molecule has 0 bridgehead atoms. The van der Waals surface area contributed by atoms with E-state index >= 15 is 0 Å². The van der Waals surface area contributed by atoms with Gasteiger partial charge in [0.15, 0.2) is 5.82 Å². The van der Waals surface area contributed by atoms with Gasteiger partial charge in [0.1, 0.15) is 11.5 Å². The van der Waals surface area contributed by atoms with Crippen molar-refractivity contribution in [2.24, 2.45) is 0 Å². The molecule has 0 aliphatic carbocycles. The van der Waals surface area contributed by atoms with Crippen LogP contribution in [0.4, 0.5) is 5.69 Å². The summed E-state index contributed by atoms with van der Waals surface area (Å²) in [7, 11) is 1.62. The molecule has 156 valence electrons. The summed E-state index contributed by atoms with van der Waals surface area (Å²) in [4.78, 5) is 17.5. The lowest BCUT2D eigenvalue weighted by Gasteiger charge is -2.09. The first kappa shape index (κ1) is 20.2. The van der Waals surface area contributed by atoms with Gasteiger partial charge in [-0.3, -0.25) is 4.79 Å². The summed E-state index contributed by atoms with van der Waals surface area (Å²) in [5.41, 5.74) is 2.18. The Labute approximate surface area is 180 Å². The van der Waals surface area contributed by atoms with Gasteiger partial charge in [-0.2, -0.15) is 0 Å². The summed E-state index contributed by atoms with van der Waals surface area (Å²) in [6.07, 6.45) is 0. The van der Waals surface area contributed by atoms with Gasteiger partial charge >= 0.3 is 0 Å². The van der Waals surface area contributed by atoms with Crippen LogP contribution in [0.15, 0.2) is 78.9 Å². The van der Waals surface area contributed by atoms with E-state index in [4.69, 9.17) is 9.47 Å². The zero-order chi connectivity index (χ0) is 21.6. The molecule has 0 radical (unpaired) electrons. The third kappa shape index (κ3) is 4.40. The summed E-state index contributed by atoms with van der Waals surface area (Å²) in [5, 5.41) is 7.34. The molecule has 1 amide bonds. The van der Waals surface area contributed by atoms with Crippen LogP contribution in [0.1, 0.15) is 17.5 Å². The monoisotopic (exact) mass is 414 g/mol. The fourth-order valence-electron chi connectivity index (χ4n) is 3.11. The number of benzene rings is 3. The molecule has 31 heavy (non-hydrogen) atoms. The lowest BCUT2D eigenvalue weighted by Crippen LogP contribution is -2.15. The summed E-state index contributed by atoms with van der Waals surface area (Å²) in [6, 6.07) is 24.3. The van der Waals surface area contributed by atoms with Crippen LogP contribution in [0, 0.1) is 0 Å². The molecule has 1 heterocycles. The molecule has 4 rings (SSSR count). The molecule has 0 atom stereocenters. The number of para-hydroxylation sites is 3. The zero-order valence-corrected chi connectivity index (χ0v) is 17.3. The summed E-state index contributed by atoms with van der Waals surface area (Å²) in [6.45, 7) is 2.39. The number of hydrogen-bond donors (Lipinski definition) is 1. The summed E-state index contributed by atoms with van der Waals surface area (Å²) in [5.74, 6) is 1.52. The maximum absolute atomic E-state index is 13.0. The van der Waals surface area contributed by atoms with E-state index in [0.717, 1.165) is 17.0 Å². The predicted molar refractivity (Wildman–Crippen MR) is 119 cm³/mol. The lowest BCUT2D eigenvalue weighted by molar-refractivity contribution is 0.101. The largest absolute Gasteiger partial charge is 0.497 e. The van der Waals surface area contributed by atoms with Crippen molar-refractivity contribution in [2.75, 3.05) is 19.0 Å². The van der Waals surface area contributed by atoms with Crippen LogP contribution in [0.2, 0.25) is 0 Å². The topological polar surface area (TPSA) is 78.3 Å². The zero-order valence-electron chi connectivity index (χ0n) is 17.3. The maximum Gasteiger partial charge on any atom is 0.295 e. The minimum absolute atomic E-state index is 0.0565. The number of nitrogens with one attached hydrogen (secondary N) is 1. The van der Waals surface area contributed by atoms with Crippen molar-refractivity contribution in [1.29, 1.82) is 0 Å². The highest BCUT2D eigenvalue weighted by Crippen LogP contribution is 2.26.